The molecule has 0 aromatic rings. The highest BCUT2D eigenvalue weighted by Gasteiger charge is 2.14. The summed E-state index contributed by atoms with van der Waals surface area (Å²) in [6, 6.07) is -0.645. The smallest absolute Gasteiger partial charge is 0.323 e. The third-order valence-corrected chi connectivity index (χ3v) is 1.76. The van der Waals surface area contributed by atoms with Gasteiger partial charge in [0.05, 0.1) is 12.2 Å². The molecule has 0 aliphatic heterocycles. The number of thiol groups is 1. The summed E-state index contributed by atoms with van der Waals surface area (Å²) in [6.45, 7) is 6.43. The van der Waals surface area contributed by atoms with Crippen LogP contribution in [0.25, 0.3) is 0 Å². The summed E-state index contributed by atoms with van der Waals surface area (Å²) in [5, 5.41) is 0. The zero-order chi connectivity index (χ0) is 11.2. The molecule has 0 unspecified atom stereocenters. The average molecular weight is 221 g/mol. The molecule has 0 fully saturated rings. The summed E-state index contributed by atoms with van der Waals surface area (Å²) < 4.78 is 10.2. The van der Waals surface area contributed by atoms with Crippen molar-refractivity contribution in [2.75, 3.05) is 19.0 Å². The van der Waals surface area contributed by atoms with Crippen LogP contribution in [0.5, 0.6) is 0 Å². The molecular formula is C9H19NO3S. The Labute approximate surface area is 90.5 Å². The first-order valence-corrected chi connectivity index (χ1v) is 5.17. The fraction of sp³-hybridized carbons (Fsp3) is 0.889. The number of esters is 1. The van der Waals surface area contributed by atoms with Crippen molar-refractivity contribution < 1.29 is 14.3 Å². The summed E-state index contributed by atoms with van der Waals surface area (Å²) in [5.74, 6) is -0.142. The molecule has 0 heterocycles. The predicted octanol–water partition coefficient (Wildman–Crippen LogP) is 0.602. The Morgan fingerprint density at radius 1 is 1.43 bits per heavy atom. The van der Waals surface area contributed by atoms with Crippen LogP contribution < -0.4 is 5.73 Å². The molecule has 0 bridgehead atoms. The number of carbonyl (C=O) groups excluding carboxylic acids is 1. The van der Waals surface area contributed by atoms with Gasteiger partial charge in [-0.05, 0) is 20.8 Å². The molecule has 0 aromatic heterocycles. The van der Waals surface area contributed by atoms with Crippen molar-refractivity contribution in [3.8, 4) is 0 Å². The van der Waals surface area contributed by atoms with Crippen LogP contribution in [0.4, 0.5) is 0 Å². The first kappa shape index (κ1) is 13.7. The van der Waals surface area contributed by atoms with Crippen LogP contribution in [-0.2, 0) is 14.3 Å². The lowest BCUT2D eigenvalue weighted by molar-refractivity contribution is -0.147. The number of hydrogen-bond donors (Lipinski definition) is 2. The molecule has 0 saturated heterocycles. The lowest BCUT2D eigenvalue weighted by Crippen LogP contribution is -2.35. The van der Waals surface area contributed by atoms with Crippen molar-refractivity contribution in [3.63, 3.8) is 0 Å². The van der Waals surface area contributed by atoms with Crippen LogP contribution in [0.3, 0.4) is 0 Å². The number of ether oxygens (including phenoxy) is 2. The fourth-order valence-corrected chi connectivity index (χ4v) is 0.821. The van der Waals surface area contributed by atoms with E-state index in [2.05, 4.69) is 12.6 Å². The van der Waals surface area contributed by atoms with Crippen molar-refractivity contribution in [3.05, 3.63) is 0 Å². The van der Waals surface area contributed by atoms with E-state index in [1.54, 1.807) is 0 Å². The van der Waals surface area contributed by atoms with Gasteiger partial charge in [-0.3, -0.25) is 4.79 Å². The molecule has 0 spiro atoms. The van der Waals surface area contributed by atoms with Gasteiger partial charge in [-0.1, -0.05) is 0 Å². The van der Waals surface area contributed by atoms with Gasteiger partial charge in [-0.25, -0.2) is 0 Å². The van der Waals surface area contributed by atoms with E-state index < -0.39 is 12.0 Å². The molecule has 0 saturated carbocycles. The molecule has 5 heteroatoms. The first-order valence-electron chi connectivity index (χ1n) is 4.54. The minimum absolute atomic E-state index is 0.210. The topological polar surface area (TPSA) is 61.5 Å². The lowest BCUT2D eigenvalue weighted by Gasteiger charge is -2.19. The normalized spacial score (nSPS) is 13.8. The van der Waals surface area contributed by atoms with E-state index in [1.807, 2.05) is 20.8 Å². The molecule has 4 nitrogen and oxygen atoms in total. The second kappa shape index (κ2) is 6.27. The lowest BCUT2D eigenvalue weighted by atomic mass is 10.2. The minimum atomic E-state index is -0.645. The van der Waals surface area contributed by atoms with Gasteiger partial charge in [-0.2, -0.15) is 12.6 Å². The van der Waals surface area contributed by atoms with Gasteiger partial charge in [0.15, 0.2) is 0 Å². The third-order valence-electron chi connectivity index (χ3n) is 1.36. The van der Waals surface area contributed by atoms with Crippen LogP contribution >= 0.6 is 12.6 Å². The Bertz CT molecular complexity index is 179. The van der Waals surface area contributed by atoms with Gasteiger partial charge in [0.25, 0.3) is 0 Å². The third kappa shape index (κ3) is 7.17. The monoisotopic (exact) mass is 221 g/mol. The highest BCUT2D eigenvalue weighted by molar-refractivity contribution is 7.80. The summed E-state index contributed by atoms with van der Waals surface area (Å²) in [4.78, 5) is 11.0. The quantitative estimate of drug-likeness (QED) is 0.405. The standard InChI is InChI=1S/C9H19NO3S/c1-9(2,3)13-5-4-12-8(11)7(10)6-14/h7,14H,4-6,10H2,1-3H3/t7-/m1/s1. The van der Waals surface area contributed by atoms with E-state index in [1.165, 1.54) is 0 Å². The van der Waals surface area contributed by atoms with E-state index >= 15 is 0 Å². The van der Waals surface area contributed by atoms with Gasteiger partial charge in [0.2, 0.25) is 0 Å². The molecule has 0 amide bonds. The van der Waals surface area contributed by atoms with Crippen molar-refractivity contribution in [2.24, 2.45) is 5.73 Å². The van der Waals surface area contributed by atoms with E-state index in [-0.39, 0.29) is 12.2 Å². The van der Waals surface area contributed by atoms with E-state index in [0.29, 0.717) is 12.4 Å². The Morgan fingerprint density at radius 2 is 2.00 bits per heavy atom. The van der Waals surface area contributed by atoms with Crippen LogP contribution in [0.1, 0.15) is 20.8 Å². The van der Waals surface area contributed by atoms with Crippen LogP contribution in [0, 0.1) is 0 Å². The molecule has 0 radical (unpaired) electrons. The molecule has 84 valence electrons. The maximum Gasteiger partial charge on any atom is 0.323 e. The van der Waals surface area contributed by atoms with Gasteiger partial charge in [0.1, 0.15) is 12.6 Å². The molecule has 1 atom stereocenters. The van der Waals surface area contributed by atoms with Gasteiger partial charge in [0, 0.05) is 5.75 Å². The van der Waals surface area contributed by atoms with Gasteiger partial charge in [-0.15, -0.1) is 0 Å². The summed E-state index contributed by atoms with van der Waals surface area (Å²) >= 11 is 3.89. The van der Waals surface area contributed by atoms with Crippen molar-refractivity contribution in [1.29, 1.82) is 0 Å². The maximum atomic E-state index is 11.0. The van der Waals surface area contributed by atoms with Gasteiger partial charge < -0.3 is 15.2 Å². The largest absolute Gasteiger partial charge is 0.462 e. The highest BCUT2D eigenvalue weighted by Crippen LogP contribution is 2.05. The second-order valence-electron chi connectivity index (χ2n) is 3.92. The Balaban J connectivity index is 3.51. The zero-order valence-corrected chi connectivity index (χ0v) is 9.84. The predicted molar refractivity (Wildman–Crippen MR) is 58.5 cm³/mol. The molecule has 0 aliphatic carbocycles. The van der Waals surface area contributed by atoms with Crippen molar-refractivity contribution >= 4 is 18.6 Å². The van der Waals surface area contributed by atoms with Gasteiger partial charge >= 0.3 is 5.97 Å². The first-order chi connectivity index (χ1) is 6.37. The molecule has 2 N–H and O–H groups in total. The zero-order valence-electron chi connectivity index (χ0n) is 8.95. The fourth-order valence-electron chi connectivity index (χ4n) is 0.672. The SMILES string of the molecule is CC(C)(C)OCCOC(=O)[C@H](N)CS. The Morgan fingerprint density at radius 3 is 2.43 bits per heavy atom. The summed E-state index contributed by atoms with van der Waals surface area (Å²) in [5.41, 5.74) is 5.18. The molecular weight excluding hydrogens is 202 g/mol. The number of nitrogens with two attached hydrogens (primary N) is 1. The molecule has 0 rings (SSSR count). The molecule has 0 aliphatic rings. The number of hydrogen-bond acceptors (Lipinski definition) is 5. The van der Waals surface area contributed by atoms with E-state index in [0.717, 1.165) is 0 Å². The second-order valence-corrected chi connectivity index (χ2v) is 4.28. The van der Waals surface area contributed by atoms with Crippen molar-refractivity contribution in [2.45, 2.75) is 32.4 Å². The van der Waals surface area contributed by atoms with Crippen LogP contribution in [0.15, 0.2) is 0 Å². The summed E-state index contributed by atoms with van der Waals surface area (Å²) in [6.07, 6.45) is 0. The minimum Gasteiger partial charge on any atom is -0.462 e. The Kier molecular flexibility index (Phi) is 6.15. The number of carbonyl (C=O) groups is 1. The maximum absolute atomic E-state index is 11.0. The van der Waals surface area contributed by atoms with E-state index in [4.69, 9.17) is 15.2 Å². The average Bonchev–Trinajstić information content (AvgIpc) is 2.09. The van der Waals surface area contributed by atoms with Crippen LogP contribution in [-0.4, -0.2) is 36.6 Å². The highest BCUT2D eigenvalue weighted by atomic mass is 32.1. The Hall–Kier alpha value is -0.260. The van der Waals surface area contributed by atoms with E-state index in [9.17, 15) is 4.79 Å². The van der Waals surface area contributed by atoms with Crippen molar-refractivity contribution in [1.82, 2.24) is 0 Å². The molecule has 14 heavy (non-hydrogen) atoms. The summed E-state index contributed by atoms with van der Waals surface area (Å²) in [7, 11) is 0. The number of rotatable bonds is 5. The molecule has 0 aromatic carbocycles. The van der Waals surface area contributed by atoms with Crippen LogP contribution in [0.2, 0.25) is 0 Å².